The fourth-order valence-corrected chi connectivity index (χ4v) is 2.46. The van der Waals surface area contributed by atoms with Gasteiger partial charge in [0.1, 0.15) is 17.5 Å². The van der Waals surface area contributed by atoms with Gasteiger partial charge in [0.05, 0.1) is 12.3 Å². The largest absolute Gasteiger partial charge is 0.393 e. The van der Waals surface area contributed by atoms with Gasteiger partial charge in [-0.05, 0) is 46.5 Å². The second-order valence-corrected chi connectivity index (χ2v) is 6.60. The van der Waals surface area contributed by atoms with Crippen molar-refractivity contribution in [1.29, 1.82) is 5.26 Å². The van der Waals surface area contributed by atoms with E-state index in [2.05, 4.69) is 26.7 Å². The van der Waals surface area contributed by atoms with Crippen molar-refractivity contribution >= 4 is 11.8 Å². The highest BCUT2D eigenvalue weighted by molar-refractivity contribution is 5.54. The number of nitrogens with one attached hydrogen (secondary N) is 2. The molecule has 1 saturated carbocycles. The van der Waals surface area contributed by atoms with Gasteiger partial charge in [0, 0.05) is 11.6 Å². The van der Waals surface area contributed by atoms with Crippen LogP contribution in [0, 0.1) is 11.3 Å². The van der Waals surface area contributed by atoms with Crippen LogP contribution in [0.2, 0.25) is 0 Å². The molecule has 0 bridgehead atoms. The predicted molar refractivity (Wildman–Crippen MR) is 82.0 cm³/mol. The van der Waals surface area contributed by atoms with Crippen molar-refractivity contribution in [3.05, 3.63) is 11.8 Å². The minimum Gasteiger partial charge on any atom is -0.393 e. The minimum atomic E-state index is -0.268. The molecule has 1 aliphatic rings. The van der Waals surface area contributed by atoms with Gasteiger partial charge in [-0.25, -0.2) is 4.98 Å². The van der Waals surface area contributed by atoms with E-state index < -0.39 is 0 Å². The second kappa shape index (κ2) is 6.27. The third-order valence-corrected chi connectivity index (χ3v) is 3.38. The highest BCUT2D eigenvalue weighted by Gasteiger charge is 2.22. The first-order valence-electron chi connectivity index (χ1n) is 7.37. The van der Waals surface area contributed by atoms with E-state index in [-0.39, 0.29) is 17.7 Å². The van der Waals surface area contributed by atoms with Crippen LogP contribution in [0.1, 0.15) is 52.0 Å². The molecule has 0 spiro atoms. The van der Waals surface area contributed by atoms with Crippen LogP contribution in [-0.4, -0.2) is 32.8 Å². The lowest BCUT2D eigenvalue weighted by molar-refractivity contribution is 0.124. The molecule has 0 aliphatic heterocycles. The molecule has 1 fully saturated rings. The van der Waals surface area contributed by atoms with Gasteiger partial charge >= 0.3 is 0 Å². The zero-order valence-corrected chi connectivity index (χ0v) is 12.8. The van der Waals surface area contributed by atoms with E-state index in [1.54, 1.807) is 0 Å². The summed E-state index contributed by atoms with van der Waals surface area (Å²) in [6.07, 6.45) is 4.77. The first-order valence-corrected chi connectivity index (χ1v) is 7.37. The molecule has 1 aromatic heterocycles. The van der Waals surface area contributed by atoms with Crippen LogP contribution in [-0.2, 0) is 0 Å². The summed E-state index contributed by atoms with van der Waals surface area (Å²) >= 11 is 0. The molecule has 114 valence electrons. The van der Waals surface area contributed by atoms with Gasteiger partial charge in [-0.2, -0.15) is 10.2 Å². The third kappa shape index (κ3) is 4.57. The Morgan fingerprint density at radius 3 is 2.76 bits per heavy atom. The lowest BCUT2D eigenvalue weighted by Gasteiger charge is -2.27. The fraction of sp³-hybridized carbons (Fsp3) is 0.667. The van der Waals surface area contributed by atoms with Crippen molar-refractivity contribution in [2.45, 2.75) is 64.1 Å². The maximum absolute atomic E-state index is 9.74. The van der Waals surface area contributed by atoms with Crippen LogP contribution in [0.25, 0.3) is 0 Å². The van der Waals surface area contributed by atoms with Crippen molar-refractivity contribution in [1.82, 2.24) is 9.97 Å². The van der Waals surface area contributed by atoms with E-state index in [1.165, 1.54) is 6.20 Å². The second-order valence-electron chi connectivity index (χ2n) is 6.60. The molecule has 0 radical (unpaired) electrons. The maximum Gasteiger partial charge on any atom is 0.225 e. The average Bonchev–Trinajstić information content (AvgIpc) is 2.37. The monoisotopic (exact) mass is 289 g/mol. The number of hydrogen-bond donors (Lipinski definition) is 3. The van der Waals surface area contributed by atoms with Gasteiger partial charge in [-0.1, -0.05) is 0 Å². The zero-order valence-electron chi connectivity index (χ0n) is 12.8. The number of aromatic nitrogens is 2. The summed E-state index contributed by atoms with van der Waals surface area (Å²) in [6, 6.07) is 2.26. The summed E-state index contributed by atoms with van der Waals surface area (Å²) < 4.78 is 0. The summed E-state index contributed by atoms with van der Waals surface area (Å²) in [5.74, 6) is 1.04. The van der Waals surface area contributed by atoms with Crippen LogP contribution < -0.4 is 10.6 Å². The first-order chi connectivity index (χ1) is 9.87. The number of aliphatic hydroxyl groups is 1. The van der Waals surface area contributed by atoms with Gasteiger partial charge in [-0.15, -0.1) is 0 Å². The Kier molecular flexibility index (Phi) is 4.63. The molecule has 1 aromatic rings. The highest BCUT2D eigenvalue weighted by atomic mass is 16.3. The van der Waals surface area contributed by atoms with Crippen LogP contribution in [0.5, 0.6) is 0 Å². The quantitative estimate of drug-likeness (QED) is 0.790. The summed E-state index contributed by atoms with van der Waals surface area (Å²) in [4.78, 5) is 8.58. The molecule has 0 aromatic carbocycles. The van der Waals surface area contributed by atoms with E-state index in [0.29, 0.717) is 23.8 Å². The Hall–Kier alpha value is -1.87. The lowest BCUT2D eigenvalue weighted by Crippen LogP contribution is -2.31. The third-order valence-electron chi connectivity index (χ3n) is 3.38. The predicted octanol–water partition coefficient (Wildman–Crippen LogP) is 2.27. The molecule has 6 nitrogen and oxygen atoms in total. The van der Waals surface area contributed by atoms with Gasteiger partial charge in [-0.3, -0.25) is 0 Å². The standard InChI is InChI=1S/C15H23N5O/c1-15(2,3)20-14-17-9-10(8-16)13(19-14)18-11-5-4-6-12(21)7-11/h9,11-12,21H,4-7H2,1-3H3,(H2,17,18,19,20)/t11-,12?/m1/s1. The Bertz CT molecular complexity index is 532. The Morgan fingerprint density at radius 1 is 1.38 bits per heavy atom. The fourth-order valence-electron chi connectivity index (χ4n) is 2.46. The van der Waals surface area contributed by atoms with Gasteiger partial charge in [0.15, 0.2) is 0 Å². The Morgan fingerprint density at radius 2 is 2.14 bits per heavy atom. The normalized spacial score (nSPS) is 22.4. The molecule has 2 atom stereocenters. The minimum absolute atomic E-state index is 0.146. The first kappa shape index (κ1) is 15.5. The Balaban J connectivity index is 2.16. The summed E-state index contributed by atoms with van der Waals surface area (Å²) in [7, 11) is 0. The van der Waals surface area contributed by atoms with Crippen molar-refractivity contribution in [3.8, 4) is 6.07 Å². The van der Waals surface area contributed by atoms with E-state index in [9.17, 15) is 10.4 Å². The highest BCUT2D eigenvalue weighted by Crippen LogP contribution is 2.23. The molecule has 0 saturated heterocycles. The number of rotatable bonds is 3. The van der Waals surface area contributed by atoms with E-state index in [1.807, 2.05) is 20.8 Å². The number of nitriles is 1. The summed E-state index contributed by atoms with van der Waals surface area (Å²) in [5.41, 5.74) is 0.279. The van der Waals surface area contributed by atoms with E-state index in [4.69, 9.17) is 0 Å². The number of nitrogens with zero attached hydrogens (tertiary/aromatic N) is 3. The molecule has 1 aliphatic carbocycles. The molecule has 6 heteroatoms. The molecule has 1 unspecified atom stereocenters. The summed E-state index contributed by atoms with van der Waals surface area (Å²) in [6.45, 7) is 6.08. The van der Waals surface area contributed by atoms with Crippen LogP contribution in [0.3, 0.4) is 0 Å². The van der Waals surface area contributed by atoms with Crippen molar-refractivity contribution < 1.29 is 5.11 Å². The van der Waals surface area contributed by atoms with Crippen molar-refractivity contribution in [2.75, 3.05) is 10.6 Å². The van der Waals surface area contributed by atoms with E-state index in [0.717, 1.165) is 19.3 Å². The molecule has 21 heavy (non-hydrogen) atoms. The summed E-state index contributed by atoms with van der Waals surface area (Å²) in [5, 5.41) is 25.4. The zero-order chi connectivity index (χ0) is 15.5. The maximum atomic E-state index is 9.74. The molecule has 2 rings (SSSR count). The van der Waals surface area contributed by atoms with Gasteiger partial charge < -0.3 is 15.7 Å². The average molecular weight is 289 g/mol. The topological polar surface area (TPSA) is 93.9 Å². The van der Waals surface area contributed by atoms with Crippen LogP contribution in [0.4, 0.5) is 11.8 Å². The number of aliphatic hydroxyl groups excluding tert-OH is 1. The van der Waals surface area contributed by atoms with Crippen LogP contribution >= 0.6 is 0 Å². The Labute approximate surface area is 125 Å². The SMILES string of the molecule is CC(C)(C)Nc1ncc(C#N)c(N[C@@H]2CCCC(O)C2)n1. The molecular formula is C15H23N5O. The van der Waals surface area contributed by atoms with Gasteiger partial charge in [0.25, 0.3) is 0 Å². The number of hydrogen-bond acceptors (Lipinski definition) is 6. The molecule has 3 N–H and O–H groups in total. The molecule has 1 heterocycles. The lowest BCUT2D eigenvalue weighted by atomic mass is 9.93. The molecule has 0 amide bonds. The molecular weight excluding hydrogens is 266 g/mol. The van der Waals surface area contributed by atoms with Crippen molar-refractivity contribution in [3.63, 3.8) is 0 Å². The number of anilines is 2. The van der Waals surface area contributed by atoms with Crippen molar-refractivity contribution in [2.24, 2.45) is 0 Å². The van der Waals surface area contributed by atoms with Crippen LogP contribution in [0.15, 0.2) is 6.20 Å². The van der Waals surface area contributed by atoms with Gasteiger partial charge in [0.2, 0.25) is 5.95 Å². The smallest absolute Gasteiger partial charge is 0.225 e. The van der Waals surface area contributed by atoms with E-state index >= 15 is 0 Å².